The van der Waals surface area contributed by atoms with Gasteiger partial charge in [0.2, 0.25) is 0 Å². The number of ether oxygens (including phenoxy) is 1. The van der Waals surface area contributed by atoms with Crippen LogP contribution in [0.2, 0.25) is 0 Å². The van der Waals surface area contributed by atoms with E-state index in [0.29, 0.717) is 24.4 Å². The van der Waals surface area contributed by atoms with Crippen molar-refractivity contribution in [3.05, 3.63) is 52.6 Å². The molecule has 0 fully saturated rings. The molecule has 21 heavy (non-hydrogen) atoms. The Morgan fingerprint density at radius 2 is 2.00 bits per heavy atom. The number of carbonyl (C=O) groups is 1. The summed E-state index contributed by atoms with van der Waals surface area (Å²) in [5.41, 5.74) is 1.25. The second-order valence-corrected chi connectivity index (χ2v) is 5.23. The van der Waals surface area contributed by atoms with Gasteiger partial charge in [0.05, 0.1) is 18.5 Å². The van der Waals surface area contributed by atoms with Crippen LogP contribution in [0.5, 0.6) is 0 Å². The van der Waals surface area contributed by atoms with Crippen LogP contribution in [0.4, 0.5) is 11.5 Å². The van der Waals surface area contributed by atoms with Crippen LogP contribution in [0.25, 0.3) is 0 Å². The lowest BCUT2D eigenvalue weighted by Gasteiger charge is -2.07. The zero-order chi connectivity index (χ0) is 15.1. The maximum atomic E-state index is 12.0. The summed E-state index contributed by atoms with van der Waals surface area (Å²) in [5, 5.41) is 5.91. The molecule has 1 aromatic carbocycles. The predicted molar refractivity (Wildman–Crippen MR) is 86.7 cm³/mol. The minimum absolute atomic E-state index is 0.163. The lowest BCUT2D eigenvalue weighted by atomic mass is 10.2. The topological polar surface area (TPSA) is 63.2 Å². The third-order valence-electron chi connectivity index (χ3n) is 2.74. The first kappa shape index (κ1) is 15.5. The molecule has 0 unspecified atom stereocenters. The Balaban J connectivity index is 1.93. The van der Waals surface area contributed by atoms with Crippen LogP contribution in [0.1, 0.15) is 10.4 Å². The molecule has 110 valence electrons. The van der Waals surface area contributed by atoms with Crippen molar-refractivity contribution in [1.29, 1.82) is 0 Å². The maximum Gasteiger partial charge on any atom is 0.255 e. The van der Waals surface area contributed by atoms with E-state index in [0.717, 1.165) is 10.3 Å². The number of anilines is 2. The summed E-state index contributed by atoms with van der Waals surface area (Å²) in [4.78, 5) is 16.3. The van der Waals surface area contributed by atoms with Gasteiger partial charge in [-0.3, -0.25) is 4.79 Å². The molecule has 1 aromatic heterocycles. The number of nitrogens with one attached hydrogen (secondary N) is 2. The average Bonchev–Trinajstić information content (AvgIpc) is 2.50. The predicted octanol–water partition coefficient (Wildman–Crippen LogP) is 3.15. The van der Waals surface area contributed by atoms with Crippen LogP contribution in [0, 0.1) is 0 Å². The molecule has 0 bridgehead atoms. The number of rotatable bonds is 6. The molecule has 1 amide bonds. The van der Waals surface area contributed by atoms with Gasteiger partial charge in [-0.15, -0.1) is 0 Å². The standard InChI is InChI=1S/C15H16BrN3O2/c1-21-9-8-17-14-7-6-13(10-18-14)19-15(20)11-2-4-12(16)5-3-11/h2-7,10H,8-9H2,1H3,(H,17,18)(H,19,20). The van der Waals surface area contributed by atoms with E-state index in [-0.39, 0.29) is 5.91 Å². The summed E-state index contributed by atoms with van der Waals surface area (Å²) in [6.07, 6.45) is 1.62. The highest BCUT2D eigenvalue weighted by Crippen LogP contribution is 2.14. The molecule has 2 N–H and O–H groups in total. The summed E-state index contributed by atoms with van der Waals surface area (Å²) in [5.74, 6) is 0.582. The fourth-order valence-electron chi connectivity index (χ4n) is 1.66. The molecule has 2 rings (SSSR count). The second kappa shape index (κ2) is 7.75. The zero-order valence-electron chi connectivity index (χ0n) is 11.6. The van der Waals surface area contributed by atoms with Crippen LogP contribution in [0.15, 0.2) is 47.1 Å². The number of methoxy groups -OCH3 is 1. The van der Waals surface area contributed by atoms with Crippen molar-refractivity contribution in [3.8, 4) is 0 Å². The Hall–Kier alpha value is -1.92. The number of amides is 1. The molecule has 6 heteroatoms. The van der Waals surface area contributed by atoms with E-state index < -0.39 is 0 Å². The molecule has 0 aliphatic heterocycles. The number of hydrogen-bond donors (Lipinski definition) is 2. The van der Waals surface area contributed by atoms with Gasteiger partial charge >= 0.3 is 0 Å². The van der Waals surface area contributed by atoms with Crippen molar-refractivity contribution in [2.45, 2.75) is 0 Å². The minimum Gasteiger partial charge on any atom is -0.383 e. The van der Waals surface area contributed by atoms with Gasteiger partial charge in [-0.05, 0) is 36.4 Å². The Labute approximate surface area is 131 Å². The van der Waals surface area contributed by atoms with E-state index in [1.807, 2.05) is 18.2 Å². The van der Waals surface area contributed by atoms with E-state index in [2.05, 4.69) is 31.5 Å². The summed E-state index contributed by atoms with van der Waals surface area (Å²) in [7, 11) is 1.65. The summed E-state index contributed by atoms with van der Waals surface area (Å²) >= 11 is 3.34. The average molecular weight is 350 g/mol. The monoisotopic (exact) mass is 349 g/mol. The number of benzene rings is 1. The van der Waals surface area contributed by atoms with Crippen molar-refractivity contribution >= 4 is 33.3 Å². The van der Waals surface area contributed by atoms with Crippen LogP contribution in [-0.2, 0) is 4.74 Å². The maximum absolute atomic E-state index is 12.0. The highest BCUT2D eigenvalue weighted by atomic mass is 79.9. The van der Waals surface area contributed by atoms with Crippen LogP contribution >= 0.6 is 15.9 Å². The SMILES string of the molecule is COCCNc1ccc(NC(=O)c2ccc(Br)cc2)cn1. The van der Waals surface area contributed by atoms with Crippen molar-refractivity contribution in [3.63, 3.8) is 0 Å². The Kier molecular flexibility index (Phi) is 5.71. The number of halogens is 1. The summed E-state index contributed by atoms with van der Waals surface area (Å²) < 4.78 is 5.88. The molecule has 0 aliphatic rings. The van der Waals surface area contributed by atoms with Crippen LogP contribution in [-0.4, -0.2) is 31.2 Å². The third-order valence-corrected chi connectivity index (χ3v) is 3.27. The number of pyridine rings is 1. The smallest absolute Gasteiger partial charge is 0.255 e. The number of hydrogen-bond acceptors (Lipinski definition) is 4. The molecule has 5 nitrogen and oxygen atoms in total. The zero-order valence-corrected chi connectivity index (χ0v) is 13.2. The molecule has 0 aliphatic carbocycles. The highest BCUT2D eigenvalue weighted by Gasteiger charge is 2.06. The lowest BCUT2D eigenvalue weighted by Crippen LogP contribution is -2.12. The van der Waals surface area contributed by atoms with Gasteiger partial charge in [0.15, 0.2) is 0 Å². The first-order valence-corrected chi connectivity index (χ1v) is 7.24. The summed E-state index contributed by atoms with van der Waals surface area (Å²) in [6.45, 7) is 1.30. The number of aromatic nitrogens is 1. The largest absolute Gasteiger partial charge is 0.383 e. The molecule has 0 radical (unpaired) electrons. The molecule has 0 saturated heterocycles. The van der Waals surface area contributed by atoms with E-state index in [9.17, 15) is 4.79 Å². The molecule has 1 heterocycles. The quantitative estimate of drug-likeness (QED) is 0.786. The van der Waals surface area contributed by atoms with Gasteiger partial charge in [-0.1, -0.05) is 15.9 Å². The number of nitrogens with zero attached hydrogens (tertiary/aromatic N) is 1. The van der Waals surface area contributed by atoms with Gasteiger partial charge in [0.25, 0.3) is 5.91 Å². The van der Waals surface area contributed by atoms with Gasteiger partial charge in [0.1, 0.15) is 5.82 Å². The molecule has 0 saturated carbocycles. The minimum atomic E-state index is -0.163. The van der Waals surface area contributed by atoms with Crippen molar-refractivity contribution in [2.24, 2.45) is 0 Å². The molecule has 0 spiro atoms. The fraction of sp³-hybridized carbons (Fsp3) is 0.200. The molecule has 0 atom stereocenters. The molecular weight excluding hydrogens is 334 g/mol. The van der Waals surface area contributed by atoms with Gasteiger partial charge in [-0.25, -0.2) is 4.98 Å². The Morgan fingerprint density at radius 3 is 2.62 bits per heavy atom. The van der Waals surface area contributed by atoms with Crippen LogP contribution < -0.4 is 10.6 Å². The van der Waals surface area contributed by atoms with Crippen LogP contribution in [0.3, 0.4) is 0 Å². The van der Waals surface area contributed by atoms with Crippen molar-refractivity contribution in [2.75, 3.05) is 30.9 Å². The first-order valence-electron chi connectivity index (χ1n) is 6.45. The van der Waals surface area contributed by atoms with Gasteiger partial charge < -0.3 is 15.4 Å². The fourth-order valence-corrected chi connectivity index (χ4v) is 1.92. The molecular formula is C15H16BrN3O2. The normalized spacial score (nSPS) is 10.2. The van der Waals surface area contributed by atoms with E-state index in [1.54, 1.807) is 31.5 Å². The Morgan fingerprint density at radius 1 is 1.24 bits per heavy atom. The summed E-state index contributed by atoms with van der Waals surface area (Å²) in [6, 6.07) is 10.8. The van der Waals surface area contributed by atoms with E-state index in [1.165, 1.54) is 0 Å². The van der Waals surface area contributed by atoms with Gasteiger partial charge in [-0.2, -0.15) is 0 Å². The van der Waals surface area contributed by atoms with Gasteiger partial charge in [0, 0.05) is 23.7 Å². The first-order chi connectivity index (χ1) is 10.2. The third kappa shape index (κ3) is 4.84. The second-order valence-electron chi connectivity index (χ2n) is 4.31. The number of carbonyl (C=O) groups excluding carboxylic acids is 1. The van der Waals surface area contributed by atoms with Crippen molar-refractivity contribution in [1.82, 2.24) is 4.98 Å². The lowest BCUT2D eigenvalue weighted by molar-refractivity contribution is 0.102. The molecule has 2 aromatic rings. The highest BCUT2D eigenvalue weighted by molar-refractivity contribution is 9.10. The van der Waals surface area contributed by atoms with Crippen molar-refractivity contribution < 1.29 is 9.53 Å². The van der Waals surface area contributed by atoms with E-state index >= 15 is 0 Å². The Bertz CT molecular complexity index is 585. The van der Waals surface area contributed by atoms with E-state index in [4.69, 9.17) is 4.74 Å².